The Hall–Kier alpha value is -2.31. The van der Waals surface area contributed by atoms with Crippen molar-refractivity contribution in [3.63, 3.8) is 0 Å². The zero-order chi connectivity index (χ0) is 19.3. The van der Waals surface area contributed by atoms with E-state index in [1.165, 1.54) is 24.1 Å². The molecule has 0 radical (unpaired) electrons. The van der Waals surface area contributed by atoms with E-state index in [9.17, 15) is 13.2 Å². The summed E-state index contributed by atoms with van der Waals surface area (Å²) in [5.41, 5.74) is 0.391. The normalized spacial score (nSPS) is 17.2. The number of ether oxygens (including phenoxy) is 1. The Morgan fingerprint density at radius 1 is 1.46 bits per heavy atom. The number of anilines is 1. The molecule has 0 spiro atoms. The zero-order valence-electron chi connectivity index (χ0n) is 15.2. The Balaban J connectivity index is 2.21. The van der Waals surface area contributed by atoms with Gasteiger partial charge in [0.25, 0.3) is 0 Å². The predicted molar refractivity (Wildman–Crippen MR) is 97.0 cm³/mol. The minimum absolute atomic E-state index is 0.0437. The second-order valence-corrected chi connectivity index (χ2v) is 8.35. The smallest absolute Gasteiger partial charge is 0.244 e. The number of benzene rings is 1. The highest BCUT2D eigenvalue weighted by molar-refractivity contribution is 7.89. The van der Waals surface area contributed by atoms with Gasteiger partial charge in [0.15, 0.2) is 6.19 Å². The van der Waals surface area contributed by atoms with E-state index < -0.39 is 10.0 Å². The van der Waals surface area contributed by atoms with E-state index in [1.807, 2.05) is 20.0 Å². The summed E-state index contributed by atoms with van der Waals surface area (Å²) >= 11 is 0. The molecular formula is C17H24N4O4S. The van der Waals surface area contributed by atoms with E-state index in [0.717, 1.165) is 0 Å². The molecule has 1 aromatic carbocycles. The number of nitriles is 1. The van der Waals surface area contributed by atoms with Crippen molar-refractivity contribution in [2.45, 2.75) is 37.6 Å². The minimum Gasteiger partial charge on any atom is -0.495 e. The van der Waals surface area contributed by atoms with Crippen LogP contribution in [0.1, 0.15) is 26.7 Å². The fourth-order valence-electron chi connectivity index (χ4n) is 2.78. The SMILES string of the molecule is COc1ccc(NC(=O)CC(C)C)cc1S(=O)(=O)N[C@@H]1CCN(C#N)C1. The van der Waals surface area contributed by atoms with Crippen molar-refractivity contribution in [3.8, 4) is 11.9 Å². The number of likely N-dealkylation sites (tertiary alicyclic amines) is 1. The lowest BCUT2D eigenvalue weighted by Crippen LogP contribution is -2.36. The van der Waals surface area contributed by atoms with Crippen molar-refractivity contribution in [2.75, 3.05) is 25.5 Å². The molecule has 1 heterocycles. The monoisotopic (exact) mass is 380 g/mol. The summed E-state index contributed by atoms with van der Waals surface area (Å²) in [7, 11) is -2.47. The summed E-state index contributed by atoms with van der Waals surface area (Å²) in [6, 6.07) is 4.15. The molecule has 0 bridgehead atoms. The third kappa shape index (κ3) is 5.09. The van der Waals surface area contributed by atoms with Crippen LogP contribution in [0.5, 0.6) is 5.75 Å². The molecule has 1 aliphatic heterocycles. The van der Waals surface area contributed by atoms with Gasteiger partial charge >= 0.3 is 0 Å². The minimum atomic E-state index is -3.86. The highest BCUT2D eigenvalue weighted by atomic mass is 32.2. The highest BCUT2D eigenvalue weighted by Crippen LogP contribution is 2.28. The first kappa shape index (κ1) is 20.0. The second kappa shape index (κ2) is 8.38. The van der Waals surface area contributed by atoms with Gasteiger partial charge in [0.05, 0.1) is 7.11 Å². The van der Waals surface area contributed by atoms with Gasteiger partial charge < -0.3 is 15.0 Å². The van der Waals surface area contributed by atoms with E-state index in [-0.39, 0.29) is 28.5 Å². The Morgan fingerprint density at radius 3 is 2.77 bits per heavy atom. The third-order valence-corrected chi connectivity index (χ3v) is 5.52. The number of sulfonamides is 1. The lowest BCUT2D eigenvalue weighted by atomic mass is 10.1. The maximum atomic E-state index is 12.8. The van der Waals surface area contributed by atoms with Crippen LogP contribution >= 0.6 is 0 Å². The molecule has 1 amide bonds. The molecule has 1 fully saturated rings. The molecule has 1 saturated heterocycles. The van der Waals surface area contributed by atoms with Gasteiger partial charge in [-0.25, -0.2) is 13.1 Å². The van der Waals surface area contributed by atoms with E-state index in [4.69, 9.17) is 10.00 Å². The van der Waals surface area contributed by atoms with Crippen molar-refractivity contribution >= 4 is 21.6 Å². The van der Waals surface area contributed by atoms with Gasteiger partial charge in [-0.2, -0.15) is 5.26 Å². The van der Waals surface area contributed by atoms with Crippen LogP contribution in [0.2, 0.25) is 0 Å². The van der Waals surface area contributed by atoms with E-state index in [0.29, 0.717) is 31.6 Å². The standard InChI is InChI=1S/C17H24N4O4S/c1-12(2)8-17(22)19-13-4-5-15(25-3)16(9-13)26(23,24)20-14-6-7-21(10-14)11-18/h4-5,9,12,14,20H,6-8,10H2,1-3H3,(H,19,22)/t14-/m1/s1. The Morgan fingerprint density at radius 2 is 2.19 bits per heavy atom. The average Bonchev–Trinajstić information content (AvgIpc) is 3.00. The molecule has 9 heteroatoms. The maximum Gasteiger partial charge on any atom is 0.244 e. The topological polar surface area (TPSA) is 112 Å². The molecule has 1 aliphatic rings. The molecule has 26 heavy (non-hydrogen) atoms. The van der Waals surface area contributed by atoms with E-state index in [1.54, 1.807) is 6.07 Å². The van der Waals surface area contributed by atoms with Gasteiger partial charge in [0.1, 0.15) is 10.6 Å². The van der Waals surface area contributed by atoms with Crippen LogP contribution in [0.15, 0.2) is 23.1 Å². The Bertz CT molecular complexity index is 801. The van der Waals surface area contributed by atoms with Crippen molar-refractivity contribution in [2.24, 2.45) is 5.92 Å². The van der Waals surface area contributed by atoms with Crippen LogP contribution in [-0.2, 0) is 14.8 Å². The number of methoxy groups -OCH3 is 1. The summed E-state index contributed by atoms with van der Waals surface area (Å²) < 4.78 is 33.3. The lowest BCUT2D eigenvalue weighted by Gasteiger charge is -2.16. The third-order valence-electron chi connectivity index (χ3n) is 3.98. The van der Waals surface area contributed by atoms with Crippen molar-refractivity contribution in [3.05, 3.63) is 18.2 Å². The summed E-state index contributed by atoms with van der Waals surface area (Å²) in [4.78, 5) is 13.4. The van der Waals surface area contributed by atoms with Crippen LogP contribution in [0, 0.1) is 17.4 Å². The summed E-state index contributed by atoms with van der Waals surface area (Å²) in [6.45, 7) is 4.72. The Labute approximate surface area is 154 Å². The largest absolute Gasteiger partial charge is 0.495 e. The van der Waals surface area contributed by atoms with E-state index in [2.05, 4.69) is 10.0 Å². The van der Waals surface area contributed by atoms with Gasteiger partial charge in [0.2, 0.25) is 15.9 Å². The average molecular weight is 380 g/mol. The number of amides is 1. The number of rotatable bonds is 7. The molecule has 2 N–H and O–H groups in total. The first-order chi connectivity index (χ1) is 12.2. The zero-order valence-corrected chi connectivity index (χ0v) is 16.0. The molecule has 2 rings (SSSR count). The molecule has 0 aliphatic carbocycles. The second-order valence-electron chi connectivity index (χ2n) is 6.66. The fraction of sp³-hybridized carbons (Fsp3) is 0.529. The van der Waals surface area contributed by atoms with Crippen molar-refractivity contribution in [1.29, 1.82) is 5.26 Å². The van der Waals surface area contributed by atoms with Crippen molar-refractivity contribution < 1.29 is 17.9 Å². The predicted octanol–water partition coefficient (Wildman–Crippen LogP) is 1.51. The first-order valence-corrected chi connectivity index (χ1v) is 9.88. The van der Waals surface area contributed by atoms with Gasteiger partial charge in [-0.1, -0.05) is 13.8 Å². The van der Waals surface area contributed by atoms with Crippen LogP contribution in [-0.4, -0.2) is 45.5 Å². The van der Waals surface area contributed by atoms with Crippen LogP contribution in [0.3, 0.4) is 0 Å². The number of hydrogen-bond acceptors (Lipinski definition) is 6. The molecule has 142 valence electrons. The Kier molecular flexibility index (Phi) is 6.45. The number of hydrogen-bond donors (Lipinski definition) is 2. The molecular weight excluding hydrogens is 356 g/mol. The van der Waals surface area contributed by atoms with Crippen molar-refractivity contribution in [1.82, 2.24) is 9.62 Å². The quantitative estimate of drug-likeness (QED) is 0.694. The van der Waals surface area contributed by atoms with Gasteiger partial charge in [0, 0.05) is 31.2 Å². The molecule has 0 saturated carbocycles. The number of nitrogens with zero attached hydrogens (tertiary/aromatic N) is 2. The first-order valence-electron chi connectivity index (χ1n) is 8.40. The fourth-order valence-corrected chi connectivity index (χ4v) is 4.23. The molecule has 0 unspecified atom stereocenters. The number of carbonyl (C=O) groups is 1. The molecule has 1 aromatic rings. The van der Waals surface area contributed by atoms with Crippen LogP contribution < -0.4 is 14.8 Å². The molecule has 8 nitrogen and oxygen atoms in total. The van der Waals surface area contributed by atoms with Crippen LogP contribution in [0.4, 0.5) is 5.69 Å². The number of carbonyl (C=O) groups excluding carboxylic acids is 1. The summed E-state index contributed by atoms with van der Waals surface area (Å²) in [5.74, 6) is 0.208. The number of nitrogens with one attached hydrogen (secondary N) is 2. The summed E-state index contributed by atoms with van der Waals surface area (Å²) in [5, 5.41) is 11.6. The van der Waals surface area contributed by atoms with Gasteiger partial charge in [-0.3, -0.25) is 4.79 Å². The maximum absolute atomic E-state index is 12.8. The van der Waals surface area contributed by atoms with Crippen LogP contribution in [0.25, 0.3) is 0 Å². The summed E-state index contributed by atoms with van der Waals surface area (Å²) in [6.07, 6.45) is 2.92. The molecule has 0 aromatic heterocycles. The molecule has 1 atom stereocenters. The lowest BCUT2D eigenvalue weighted by molar-refractivity contribution is -0.116. The van der Waals surface area contributed by atoms with Gasteiger partial charge in [-0.05, 0) is 30.5 Å². The van der Waals surface area contributed by atoms with E-state index >= 15 is 0 Å². The van der Waals surface area contributed by atoms with Gasteiger partial charge in [-0.15, -0.1) is 0 Å². The highest BCUT2D eigenvalue weighted by Gasteiger charge is 2.29.